The molecule has 0 heterocycles. The van der Waals surface area contributed by atoms with Gasteiger partial charge in [-0.15, -0.1) is 0 Å². The van der Waals surface area contributed by atoms with Gasteiger partial charge in [0.05, 0.1) is 0 Å². The van der Waals surface area contributed by atoms with Crippen LogP contribution in [-0.4, -0.2) is 17.5 Å². The molecule has 2 heteroatoms. The Hall–Kier alpha value is -1.15. The lowest BCUT2D eigenvalue weighted by Gasteiger charge is -2.28. The maximum atomic E-state index is 12.4. The maximum Gasteiger partial charge on any atom is 0.169 e. The highest BCUT2D eigenvalue weighted by atomic mass is 16.3. The molecule has 0 amide bonds. The Morgan fingerprint density at radius 2 is 2.12 bits per heavy atom. The summed E-state index contributed by atoms with van der Waals surface area (Å²) in [6.45, 7) is 2.12. The Morgan fingerprint density at radius 3 is 2.75 bits per heavy atom. The number of hydrogen-bond donors (Lipinski definition) is 1. The lowest BCUT2D eigenvalue weighted by atomic mass is 9.74. The summed E-state index contributed by atoms with van der Waals surface area (Å²) in [5.41, 5.74) is 0.404. The lowest BCUT2D eigenvalue weighted by molar-refractivity contribution is 0.0668. The first-order valence-corrected chi connectivity index (χ1v) is 5.89. The van der Waals surface area contributed by atoms with Gasteiger partial charge in [0.2, 0.25) is 0 Å². The van der Waals surface area contributed by atoms with Gasteiger partial charge in [-0.2, -0.15) is 0 Å². The smallest absolute Gasteiger partial charge is 0.169 e. The van der Waals surface area contributed by atoms with Crippen molar-refractivity contribution in [3.8, 4) is 0 Å². The molecule has 1 aliphatic carbocycles. The van der Waals surface area contributed by atoms with Crippen LogP contribution in [0, 0.1) is 11.3 Å². The summed E-state index contributed by atoms with van der Waals surface area (Å²) in [6, 6.07) is 9.41. The minimum absolute atomic E-state index is 0.120. The number of Topliss-reactive ketones (excluding diaryl/α,β-unsaturated/α-hetero) is 1. The molecule has 1 saturated carbocycles. The number of aliphatic hydroxyl groups excluding tert-OH is 1. The van der Waals surface area contributed by atoms with Crippen molar-refractivity contribution in [1.29, 1.82) is 0 Å². The van der Waals surface area contributed by atoms with Gasteiger partial charge in [-0.3, -0.25) is 4.79 Å². The van der Waals surface area contributed by atoms with Gasteiger partial charge in [0.1, 0.15) is 0 Å². The molecule has 2 rings (SSSR count). The van der Waals surface area contributed by atoms with E-state index in [2.05, 4.69) is 0 Å². The van der Waals surface area contributed by atoms with Crippen LogP contribution in [0.15, 0.2) is 30.3 Å². The maximum absolute atomic E-state index is 12.4. The molecule has 0 spiro atoms. The molecule has 1 aromatic rings. The zero-order valence-electron chi connectivity index (χ0n) is 9.65. The van der Waals surface area contributed by atoms with Gasteiger partial charge in [-0.25, -0.2) is 0 Å². The summed E-state index contributed by atoms with van der Waals surface area (Å²) in [6.07, 6.45) is 2.90. The van der Waals surface area contributed by atoms with Crippen molar-refractivity contribution in [3.63, 3.8) is 0 Å². The quantitative estimate of drug-likeness (QED) is 0.792. The van der Waals surface area contributed by atoms with Crippen LogP contribution in [-0.2, 0) is 0 Å². The van der Waals surface area contributed by atoms with Crippen molar-refractivity contribution in [2.75, 3.05) is 6.61 Å². The molecule has 0 radical (unpaired) electrons. The van der Waals surface area contributed by atoms with Crippen molar-refractivity contribution in [1.82, 2.24) is 0 Å². The summed E-state index contributed by atoms with van der Waals surface area (Å²) in [5.74, 6) is 0.310. The van der Waals surface area contributed by atoms with Crippen LogP contribution in [0.1, 0.15) is 36.5 Å². The van der Waals surface area contributed by atoms with Crippen LogP contribution in [0.3, 0.4) is 0 Å². The third-order valence-electron chi connectivity index (χ3n) is 3.92. The van der Waals surface area contributed by atoms with Crippen molar-refractivity contribution in [2.45, 2.75) is 26.2 Å². The van der Waals surface area contributed by atoms with E-state index < -0.39 is 0 Å². The predicted octanol–water partition coefficient (Wildman–Crippen LogP) is 2.67. The first-order chi connectivity index (χ1) is 7.68. The predicted molar refractivity (Wildman–Crippen MR) is 63.3 cm³/mol. The summed E-state index contributed by atoms with van der Waals surface area (Å²) >= 11 is 0. The molecule has 1 aromatic carbocycles. The molecule has 1 aliphatic rings. The third-order valence-corrected chi connectivity index (χ3v) is 3.92. The van der Waals surface area contributed by atoms with E-state index in [1.807, 2.05) is 37.3 Å². The number of hydrogen-bond acceptors (Lipinski definition) is 2. The van der Waals surface area contributed by atoms with Gasteiger partial charge < -0.3 is 5.11 Å². The zero-order chi connectivity index (χ0) is 11.6. The summed E-state index contributed by atoms with van der Waals surface area (Å²) in [5, 5.41) is 9.35. The summed E-state index contributed by atoms with van der Waals surface area (Å²) in [7, 11) is 0. The topological polar surface area (TPSA) is 37.3 Å². The Kier molecular flexibility index (Phi) is 3.10. The van der Waals surface area contributed by atoms with Gasteiger partial charge in [-0.1, -0.05) is 43.7 Å². The molecule has 16 heavy (non-hydrogen) atoms. The first-order valence-electron chi connectivity index (χ1n) is 5.89. The molecule has 0 saturated heterocycles. The van der Waals surface area contributed by atoms with E-state index in [1.165, 1.54) is 0 Å². The average molecular weight is 218 g/mol. The van der Waals surface area contributed by atoms with Gasteiger partial charge in [0.15, 0.2) is 5.78 Å². The number of carbonyl (C=O) groups excluding carboxylic acids is 1. The SMILES string of the molecule is C[C@@]1(C(=O)c2ccccc2)CCC[C@H]1CO. The molecular formula is C14H18O2. The lowest BCUT2D eigenvalue weighted by Crippen LogP contribution is -2.33. The van der Waals surface area contributed by atoms with E-state index in [4.69, 9.17) is 0 Å². The molecule has 0 bridgehead atoms. The molecule has 0 aliphatic heterocycles. The second-order valence-electron chi connectivity index (χ2n) is 4.88. The monoisotopic (exact) mass is 218 g/mol. The van der Waals surface area contributed by atoms with Crippen molar-refractivity contribution >= 4 is 5.78 Å². The van der Waals surface area contributed by atoms with Gasteiger partial charge in [-0.05, 0) is 18.8 Å². The Bertz CT molecular complexity index is 372. The molecule has 2 nitrogen and oxygen atoms in total. The average Bonchev–Trinajstić information content (AvgIpc) is 2.72. The van der Waals surface area contributed by atoms with Crippen LogP contribution in [0.4, 0.5) is 0 Å². The molecule has 1 fully saturated rings. The Balaban J connectivity index is 2.27. The van der Waals surface area contributed by atoms with E-state index in [0.29, 0.717) is 0 Å². The summed E-state index contributed by atoms with van der Waals surface area (Å²) < 4.78 is 0. The minimum Gasteiger partial charge on any atom is -0.396 e. The number of benzene rings is 1. The van der Waals surface area contributed by atoms with Crippen molar-refractivity contribution in [2.24, 2.45) is 11.3 Å². The Labute approximate surface area is 96.3 Å². The van der Waals surface area contributed by atoms with Crippen LogP contribution in [0.2, 0.25) is 0 Å². The van der Waals surface area contributed by atoms with Crippen molar-refractivity contribution < 1.29 is 9.90 Å². The molecule has 2 atom stereocenters. The molecule has 0 aromatic heterocycles. The van der Waals surface area contributed by atoms with E-state index in [-0.39, 0.29) is 23.7 Å². The van der Waals surface area contributed by atoms with E-state index in [0.717, 1.165) is 24.8 Å². The fourth-order valence-electron chi connectivity index (χ4n) is 2.75. The summed E-state index contributed by atoms with van der Waals surface area (Å²) in [4.78, 5) is 12.4. The fraction of sp³-hybridized carbons (Fsp3) is 0.500. The van der Waals surface area contributed by atoms with Gasteiger partial charge in [0, 0.05) is 17.6 Å². The molecule has 86 valence electrons. The van der Waals surface area contributed by atoms with E-state index >= 15 is 0 Å². The van der Waals surface area contributed by atoms with Crippen LogP contribution < -0.4 is 0 Å². The largest absolute Gasteiger partial charge is 0.396 e. The fourth-order valence-corrected chi connectivity index (χ4v) is 2.75. The molecule has 0 unspecified atom stereocenters. The van der Waals surface area contributed by atoms with Crippen LogP contribution in [0.5, 0.6) is 0 Å². The standard InChI is InChI=1S/C14H18O2/c1-14(9-5-8-12(14)10-15)13(16)11-6-3-2-4-7-11/h2-4,6-7,12,15H,5,8-10H2,1H3/t12-,14+/m0/s1. The Morgan fingerprint density at radius 1 is 1.44 bits per heavy atom. The van der Waals surface area contributed by atoms with Crippen LogP contribution in [0.25, 0.3) is 0 Å². The molecular weight excluding hydrogens is 200 g/mol. The van der Waals surface area contributed by atoms with Gasteiger partial charge in [0.25, 0.3) is 0 Å². The highest BCUT2D eigenvalue weighted by molar-refractivity contribution is 6.00. The normalized spacial score (nSPS) is 29.2. The number of ketones is 1. The highest BCUT2D eigenvalue weighted by Gasteiger charge is 2.44. The van der Waals surface area contributed by atoms with Gasteiger partial charge >= 0.3 is 0 Å². The molecule has 1 N–H and O–H groups in total. The second-order valence-corrected chi connectivity index (χ2v) is 4.88. The second kappa shape index (κ2) is 4.38. The number of carbonyl (C=O) groups is 1. The first kappa shape index (κ1) is 11.3. The minimum atomic E-state index is -0.365. The van der Waals surface area contributed by atoms with E-state index in [9.17, 15) is 9.90 Å². The third kappa shape index (κ3) is 1.78. The number of rotatable bonds is 3. The highest BCUT2D eigenvalue weighted by Crippen LogP contribution is 2.45. The zero-order valence-corrected chi connectivity index (χ0v) is 9.65. The van der Waals surface area contributed by atoms with Crippen LogP contribution >= 0.6 is 0 Å². The van der Waals surface area contributed by atoms with E-state index in [1.54, 1.807) is 0 Å². The number of aliphatic hydroxyl groups is 1. The van der Waals surface area contributed by atoms with Crippen molar-refractivity contribution in [3.05, 3.63) is 35.9 Å².